The van der Waals surface area contributed by atoms with Gasteiger partial charge in [0, 0.05) is 32.6 Å². The number of hydrogen-bond acceptors (Lipinski definition) is 3. The number of hydrogen-bond donors (Lipinski definition) is 0. The monoisotopic (exact) mass is 380 g/mol. The first-order valence-corrected chi connectivity index (χ1v) is 9.81. The maximum atomic E-state index is 12.9. The van der Waals surface area contributed by atoms with Crippen molar-refractivity contribution in [1.82, 2.24) is 9.80 Å². The van der Waals surface area contributed by atoms with Gasteiger partial charge in [-0.3, -0.25) is 9.59 Å². The van der Waals surface area contributed by atoms with Gasteiger partial charge in [0.25, 0.3) is 5.91 Å². The first kappa shape index (κ1) is 19.9. The van der Waals surface area contributed by atoms with E-state index in [9.17, 15) is 9.59 Å². The molecule has 0 saturated carbocycles. The summed E-state index contributed by atoms with van der Waals surface area (Å²) in [5.74, 6) is 0.777. The van der Waals surface area contributed by atoms with E-state index in [2.05, 4.69) is 0 Å². The molecule has 2 amide bonds. The van der Waals surface area contributed by atoms with Crippen molar-refractivity contribution in [3.8, 4) is 5.75 Å². The fourth-order valence-corrected chi connectivity index (χ4v) is 3.42. The molecule has 148 valence electrons. The van der Waals surface area contributed by atoms with Crippen LogP contribution < -0.4 is 4.74 Å². The Balaban J connectivity index is 1.48. The standard InChI is InChI=1S/C23H28N2O3/c1-23(2,28-20-11-7-4-8-12-20)22(27)25-17-15-24(16-18-25)21(26)14-13-19-9-5-3-6-10-19/h3-12H,13-18H2,1-2H3. The molecule has 3 rings (SSSR count). The first-order chi connectivity index (χ1) is 13.5. The maximum Gasteiger partial charge on any atom is 0.266 e. The fourth-order valence-electron chi connectivity index (χ4n) is 3.42. The van der Waals surface area contributed by atoms with Gasteiger partial charge < -0.3 is 14.5 Å². The van der Waals surface area contributed by atoms with Crippen molar-refractivity contribution in [1.29, 1.82) is 0 Å². The third-order valence-electron chi connectivity index (χ3n) is 5.02. The average Bonchev–Trinajstić information content (AvgIpc) is 2.73. The Morgan fingerprint density at radius 2 is 1.39 bits per heavy atom. The Morgan fingerprint density at radius 1 is 0.857 bits per heavy atom. The zero-order valence-corrected chi connectivity index (χ0v) is 16.6. The molecule has 5 nitrogen and oxygen atoms in total. The minimum absolute atomic E-state index is 0.0484. The van der Waals surface area contributed by atoms with Crippen molar-refractivity contribution in [2.75, 3.05) is 26.2 Å². The highest BCUT2D eigenvalue weighted by Gasteiger charge is 2.36. The Labute approximate surface area is 166 Å². The van der Waals surface area contributed by atoms with Crippen molar-refractivity contribution in [2.45, 2.75) is 32.3 Å². The highest BCUT2D eigenvalue weighted by molar-refractivity contribution is 5.85. The van der Waals surface area contributed by atoms with Gasteiger partial charge in [-0.05, 0) is 38.0 Å². The van der Waals surface area contributed by atoms with Gasteiger partial charge in [-0.25, -0.2) is 0 Å². The van der Waals surface area contributed by atoms with E-state index in [1.165, 1.54) is 5.56 Å². The highest BCUT2D eigenvalue weighted by Crippen LogP contribution is 2.21. The summed E-state index contributed by atoms with van der Waals surface area (Å²) in [6, 6.07) is 19.4. The van der Waals surface area contributed by atoms with Crippen LogP contribution in [0.1, 0.15) is 25.8 Å². The van der Waals surface area contributed by atoms with Gasteiger partial charge in [0.15, 0.2) is 5.60 Å². The van der Waals surface area contributed by atoms with Crippen LogP contribution in [0.4, 0.5) is 0 Å². The topological polar surface area (TPSA) is 49.9 Å². The SMILES string of the molecule is CC(C)(Oc1ccccc1)C(=O)N1CCN(C(=O)CCc2ccccc2)CC1. The van der Waals surface area contributed by atoms with Crippen LogP contribution in [0.5, 0.6) is 5.75 Å². The molecule has 1 heterocycles. The van der Waals surface area contributed by atoms with Gasteiger partial charge in [0.2, 0.25) is 5.91 Å². The molecule has 2 aromatic carbocycles. The summed E-state index contributed by atoms with van der Waals surface area (Å²) >= 11 is 0. The van der Waals surface area contributed by atoms with Crippen LogP contribution in [0, 0.1) is 0 Å². The molecule has 1 aliphatic rings. The molecular weight excluding hydrogens is 352 g/mol. The third-order valence-corrected chi connectivity index (χ3v) is 5.02. The van der Waals surface area contributed by atoms with E-state index in [1.807, 2.05) is 65.6 Å². The summed E-state index contributed by atoms with van der Waals surface area (Å²) in [5.41, 5.74) is 0.227. The van der Waals surface area contributed by atoms with Crippen LogP contribution in [0.2, 0.25) is 0 Å². The van der Waals surface area contributed by atoms with E-state index in [-0.39, 0.29) is 11.8 Å². The van der Waals surface area contributed by atoms with Crippen molar-refractivity contribution >= 4 is 11.8 Å². The van der Waals surface area contributed by atoms with Gasteiger partial charge >= 0.3 is 0 Å². The van der Waals surface area contributed by atoms with Gasteiger partial charge in [-0.2, -0.15) is 0 Å². The maximum absolute atomic E-state index is 12.9. The zero-order valence-electron chi connectivity index (χ0n) is 16.6. The predicted molar refractivity (Wildman–Crippen MR) is 109 cm³/mol. The van der Waals surface area contributed by atoms with E-state index in [4.69, 9.17) is 4.74 Å². The second-order valence-corrected chi connectivity index (χ2v) is 7.58. The van der Waals surface area contributed by atoms with E-state index < -0.39 is 5.60 Å². The van der Waals surface area contributed by atoms with Crippen LogP contribution in [-0.4, -0.2) is 53.4 Å². The lowest BCUT2D eigenvalue weighted by Gasteiger charge is -2.38. The number of piperazine rings is 1. The lowest BCUT2D eigenvalue weighted by molar-refractivity contribution is -0.149. The Morgan fingerprint density at radius 3 is 2.00 bits per heavy atom. The molecule has 2 aromatic rings. The molecule has 0 radical (unpaired) electrons. The quantitative estimate of drug-likeness (QED) is 0.774. The van der Waals surface area contributed by atoms with E-state index >= 15 is 0 Å². The summed E-state index contributed by atoms with van der Waals surface area (Å²) in [6.45, 7) is 5.80. The molecule has 1 fully saturated rings. The molecule has 0 atom stereocenters. The van der Waals surface area contributed by atoms with Crippen molar-refractivity contribution in [2.24, 2.45) is 0 Å². The van der Waals surface area contributed by atoms with Gasteiger partial charge in [0.05, 0.1) is 0 Å². The minimum atomic E-state index is -0.944. The summed E-state index contributed by atoms with van der Waals surface area (Å²) in [5, 5.41) is 0. The van der Waals surface area contributed by atoms with E-state index in [1.54, 1.807) is 18.7 Å². The molecule has 0 unspecified atom stereocenters. The largest absolute Gasteiger partial charge is 0.478 e. The molecule has 0 spiro atoms. The number of nitrogens with zero attached hydrogens (tertiary/aromatic N) is 2. The van der Waals surface area contributed by atoms with Crippen molar-refractivity contribution < 1.29 is 14.3 Å². The number of benzene rings is 2. The van der Waals surface area contributed by atoms with Crippen LogP contribution >= 0.6 is 0 Å². The summed E-state index contributed by atoms with van der Waals surface area (Å²) in [7, 11) is 0. The third kappa shape index (κ3) is 5.12. The zero-order chi connectivity index (χ0) is 20.0. The predicted octanol–water partition coefficient (Wildman–Crippen LogP) is 3.15. The molecule has 0 N–H and O–H groups in total. The van der Waals surface area contributed by atoms with Crippen LogP contribution in [0.3, 0.4) is 0 Å². The summed E-state index contributed by atoms with van der Waals surface area (Å²) < 4.78 is 5.91. The second-order valence-electron chi connectivity index (χ2n) is 7.58. The summed E-state index contributed by atoms with van der Waals surface area (Å²) in [6.07, 6.45) is 1.25. The lowest BCUT2D eigenvalue weighted by atomic mass is 10.1. The van der Waals surface area contributed by atoms with E-state index in [0.717, 1.165) is 6.42 Å². The number of para-hydroxylation sites is 1. The number of rotatable bonds is 6. The van der Waals surface area contributed by atoms with E-state index in [0.29, 0.717) is 38.3 Å². The highest BCUT2D eigenvalue weighted by atomic mass is 16.5. The number of amides is 2. The lowest BCUT2D eigenvalue weighted by Crippen LogP contribution is -2.56. The molecule has 0 bridgehead atoms. The van der Waals surface area contributed by atoms with Crippen LogP contribution in [-0.2, 0) is 16.0 Å². The van der Waals surface area contributed by atoms with Crippen LogP contribution in [0.15, 0.2) is 60.7 Å². The number of ether oxygens (including phenoxy) is 1. The molecule has 1 aliphatic heterocycles. The number of carbonyl (C=O) groups is 2. The van der Waals surface area contributed by atoms with Gasteiger partial charge in [0.1, 0.15) is 5.75 Å². The second kappa shape index (κ2) is 8.91. The van der Waals surface area contributed by atoms with Crippen molar-refractivity contribution in [3.63, 3.8) is 0 Å². The Kier molecular flexibility index (Phi) is 6.34. The minimum Gasteiger partial charge on any atom is -0.478 e. The fraction of sp³-hybridized carbons (Fsp3) is 0.391. The van der Waals surface area contributed by atoms with Gasteiger partial charge in [-0.15, -0.1) is 0 Å². The smallest absolute Gasteiger partial charge is 0.266 e. The molecule has 1 saturated heterocycles. The Bertz CT molecular complexity index is 782. The molecule has 0 aliphatic carbocycles. The van der Waals surface area contributed by atoms with Gasteiger partial charge in [-0.1, -0.05) is 48.5 Å². The molecule has 28 heavy (non-hydrogen) atoms. The average molecular weight is 380 g/mol. The molecular formula is C23H28N2O3. The number of aryl methyl sites for hydroxylation is 1. The molecule has 0 aromatic heterocycles. The Hall–Kier alpha value is -2.82. The van der Waals surface area contributed by atoms with Crippen LogP contribution in [0.25, 0.3) is 0 Å². The summed E-state index contributed by atoms with van der Waals surface area (Å²) in [4.78, 5) is 29.0. The first-order valence-electron chi connectivity index (χ1n) is 9.81. The molecule has 5 heteroatoms. The van der Waals surface area contributed by atoms with Crippen molar-refractivity contribution in [3.05, 3.63) is 66.2 Å². The normalized spacial score (nSPS) is 14.6. The number of carbonyl (C=O) groups excluding carboxylic acids is 2.